The third-order valence-electron chi connectivity index (χ3n) is 22.1. The Kier molecular flexibility index (Phi) is 20.8. The van der Waals surface area contributed by atoms with Gasteiger partial charge in [0.2, 0.25) is 0 Å². The first-order valence-electron chi connectivity index (χ1n) is 30.3. The van der Waals surface area contributed by atoms with E-state index < -0.39 is 219 Å². The Bertz CT molecular complexity index is 2250. The molecule has 5 heterocycles. The van der Waals surface area contributed by atoms with E-state index >= 15 is 0 Å². The van der Waals surface area contributed by atoms with Gasteiger partial charge in [0.05, 0.1) is 56.9 Å². The largest absolute Gasteiger partial charge is 0.394 e. The molecule has 27 heteroatoms. The van der Waals surface area contributed by atoms with Crippen LogP contribution in [0.25, 0.3) is 0 Å². The SMILES string of the molecule is CC(C)=CCC[C@](C)(O[C@@H]1O[C@H](CO[C@@H]2OC[C@H](O[C@@H]3OC[C@@H](O)[C@H](O)[C@H]3O)[C@H](O)[C@H]2O)[C@@H](O)[C@H](O)[C@H]1O)[C@H]1CC[C@]2(C)[C@@H]1[C@H](O)C[C@@H]1[C@@]3(C)CC[C@H](O[C@@H]4O[C@H](CO)[C@@H](O)[C@H](O)[C@H]4O[C@@H]4O[C@H](CO)[C@@H](O)[C@H](O)[C@H]4O)C(C)(C)C3[C@@H](O)C[C@]12C. The van der Waals surface area contributed by atoms with Gasteiger partial charge in [-0.25, -0.2) is 0 Å². The molecule has 0 aromatic rings. The van der Waals surface area contributed by atoms with E-state index in [1.807, 2.05) is 34.6 Å². The number of ether oxygens (including phenoxy) is 10. The van der Waals surface area contributed by atoms with Crippen molar-refractivity contribution in [3.63, 3.8) is 0 Å². The summed E-state index contributed by atoms with van der Waals surface area (Å²) in [6.07, 6.45) is -33.7. The fraction of sp³-hybridized carbons (Fsp3) is 0.966. The van der Waals surface area contributed by atoms with Crippen LogP contribution in [0.3, 0.4) is 0 Å². The molecular weight excluding hydrogens is 1130 g/mol. The molecule has 9 rings (SSSR count). The van der Waals surface area contributed by atoms with Crippen LogP contribution in [0.4, 0.5) is 0 Å². The number of hydrogen-bond donors (Lipinski definition) is 17. The third kappa shape index (κ3) is 12.2. The summed E-state index contributed by atoms with van der Waals surface area (Å²) in [6.45, 7) is 13.6. The highest BCUT2D eigenvalue weighted by Crippen LogP contribution is 2.76. The van der Waals surface area contributed by atoms with Crippen LogP contribution in [0, 0.1) is 45.3 Å². The van der Waals surface area contributed by atoms with Crippen LogP contribution in [-0.2, 0) is 47.4 Å². The van der Waals surface area contributed by atoms with Gasteiger partial charge in [-0.3, -0.25) is 0 Å². The van der Waals surface area contributed by atoms with E-state index in [9.17, 15) is 86.8 Å². The van der Waals surface area contributed by atoms with Gasteiger partial charge in [-0.15, -0.1) is 0 Å². The van der Waals surface area contributed by atoms with Crippen molar-refractivity contribution in [2.75, 3.05) is 33.0 Å². The lowest BCUT2D eigenvalue weighted by Gasteiger charge is -2.71. The predicted octanol–water partition coefficient (Wildman–Crippen LogP) is -4.13. The summed E-state index contributed by atoms with van der Waals surface area (Å²) in [6, 6.07) is 0. The van der Waals surface area contributed by atoms with E-state index in [-0.39, 0.29) is 25.0 Å². The Morgan fingerprint density at radius 3 is 1.78 bits per heavy atom. The van der Waals surface area contributed by atoms with Crippen molar-refractivity contribution in [1.82, 2.24) is 0 Å². The van der Waals surface area contributed by atoms with Gasteiger partial charge in [0.1, 0.15) is 110 Å². The van der Waals surface area contributed by atoms with Crippen molar-refractivity contribution in [2.24, 2.45) is 45.3 Å². The lowest BCUT2D eigenvalue weighted by molar-refractivity contribution is -0.380. The molecule has 0 spiro atoms. The van der Waals surface area contributed by atoms with Crippen LogP contribution in [0.1, 0.15) is 107 Å². The van der Waals surface area contributed by atoms with Crippen molar-refractivity contribution in [2.45, 2.75) is 272 Å². The van der Waals surface area contributed by atoms with E-state index in [1.54, 1.807) is 0 Å². The average molecular weight is 1230 g/mol. The molecule has 0 aromatic carbocycles. The Morgan fingerprint density at radius 2 is 1.13 bits per heavy atom. The summed E-state index contributed by atoms with van der Waals surface area (Å²) in [5.74, 6) is -1.40. The molecule has 4 aliphatic carbocycles. The maximum atomic E-state index is 12.9. The molecule has 4 saturated carbocycles. The quantitative estimate of drug-likeness (QED) is 0.0486. The fourth-order valence-electron chi connectivity index (χ4n) is 17.3. The molecule has 0 bridgehead atoms. The first kappa shape index (κ1) is 68.0. The topological polar surface area (TPSA) is 436 Å². The standard InChI is InChI=1S/C58H98O27/c1-23(2)10-9-13-58(8,85-52-46(75)41(70)38(67)30(82-52)21-77-49-44(73)39(68)31(22-78-49)81-50-43(72)35(64)27(63)20-76-50)24-11-15-56(6)34(24)25(61)16-32-55(5)14-12-33(54(3,4)48(55)26(62)17-57(32,56)7)83-53-47(42(71)37(66)29(19-60)80-53)84-51-45(74)40(69)36(65)28(18-59)79-51/h10,24-53,59-75H,9,11-22H2,1-8H3/t24-,25+,26-,27+,28+,29+,30+,31-,32+,33-,34-,35-,36+,37+,38+,39-,40-,41-,42-,43+,44+,45+,46+,47+,48?,49+,50-,51-,52-,53-,55+,56+,57+,58-/m0/s1. The zero-order chi connectivity index (χ0) is 62.4. The highest BCUT2D eigenvalue weighted by molar-refractivity contribution is 5.22. The molecule has 5 aliphatic heterocycles. The molecule has 9 fully saturated rings. The molecule has 0 amide bonds. The zero-order valence-corrected chi connectivity index (χ0v) is 49.8. The number of hydrogen-bond acceptors (Lipinski definition) is 27. The number of rotatable bonds is 17. The summed E-state index contributed by atoms with van der Waals surface area (Å²) in [5, 5.41) is 187. The molecule has 1 unspecified atom stereocenters. The minimum Gasteiger partial charge on any atom is -0.394 e. The molecule has 0 aromatic heterocycles. The first-order valence-corrected chi connectivity index (χ1v) is 30.3. The molecule has 0 radical (unpaired) electrons. The van der Waals surface area contributed by atoms with Crippen LogP contribution < -0.4 is 0 Å². The summed E-state index contributed by atoms with van der Waals surface area (Å²) in [4.78, 5) is 0. The van der Waals surface area contributed by atoms with Gasteiger partial charge >= 0.3 is 0 Å². The van der Waals surface area contributed by atoms with Gasteiger partial charge in [-0.2, -0.15) is 0 Å². The van der Waals surface area contributed by atoms with Gasteiger partial charge in [0.15, 0.2) is 31.5 Å². The molecule has 85 heavy (non-hydrogen) atoms. The highest BCUT2D eigenvalue weighted by Gasteiger charge is 2.74. The Hall–Kier alpha value is -1.34. The average Bonchev–Trinajstić information content (AvgIpc) is 1.67. The zero-order valence-electron chi connectivity index (χ0n) is 49.8. The van der Waals surface area contributed by atoms with Crippen molar-refractivity contribution < 1.29 is 134 Å². The second-order valence-electron chi connectivity index (χ2n) is 27.8. The van der Waals surface area contributed by atoms with Crippen LogP contribution in [0.5, 0.6) is 0 Å². The second kappa shape index (κ2) is 26.0. The fourth-order valence-corrected chi connectivity index (χ4v) is 17.3. The van der Waals surface area contributed by atoms with E-state index in [2.05, 4.69) is 26.8 Å². The molecule has 9 aliphatic rings. The van der Waals surface area contributed by atoms with Gasteiger partial charge in [-0.1, -0.05) is 46.3 Å². The number of allylic oxidation sites excluding steroid dienone is 2. The van der Waals surface area contributed by atoms with Gasteiger partial charge in [0, 0.05) is 0 Å². The van der Waals surface area contributed by atoms with Crippen LogP contribution in [-0.4, -0.2) is 285 Å². The number of fused-ring (bicyclic) bond motifs is 5. The molecule has 5 saturated heterocycles. The predicted molar refractivity (Wildman–Crippen MR) is 288 cm³/mol. The maximum Gasteiger partial charge on any atom is 0.187 e. The van der Waals surface area contributed by atoms with Crippen molar-refractivity contribution in [3.05, 3.63) is 11.6 Å². The normalized spacial score (nSPS) is 53.4. The smallest absolute Gasteiger partial charge is 0.187 e. The third-order valence-corrected chi connectivity index (χ3v) is 22.1. The lowest BCUT2D eigenvalue weighted by Crippen LogP contribution is -2.70. The molecule has 17 N–H and O–H groups in total. The van der Waals surface area contributed by atoms with Crippen molar-refractivity contribution >= 4 is 0 Å². The van der Waals surface area contributed by atoms with Crippen LogP contribution in [0.15, 0.2) is 11.6 Å². The van der Waals surface area contributed by atoms with Gasteiger partial charge in [-0.05, 0) is 117 Å². The summed E-state index contributed by atoms with van der Waals surface area (Å²) in [5.41, 5.74) is -2.79. The summed E-state index contributed by atoms with van der Waals surface area (Å²) in [7, 11) is 0. The van der Waals surface area contributed by atoms with E-state index in [4.69, 9.17) is 47.4 Å². The Labute approximate surface area is 494 Å². The van der Waals surface area contributed by atoms with Gasteiger partial charge in [0.25, 0.3) is 0 Å². The second-order valence-corrected chi connectivity index (χ2v) is 27.8. The minimum atomic E-state index is -1.86. The van der Waals surface area contributed by atoms with Crippen LogP contribution >= 0.6 is 0 Å². The van der Waals surface area contributed by atoms with E-state index in [0.717, 1.165) is 5.57 Å². The number of aliphatic hydroxyl groups excluding tert-OH is 17. The Balaban J connectivity index is 0.908. The highest BCUT2D eigenvalue weighted by atomic mass is 16.8. The number of aliphatic hydroxyl groups is 17. The summed E-state index contributed by atoms with van der Waals surface area (Å²) < 4.78 is 60.0. The van der Waals surface area contributed by atoms with Crippen molar-refractivity contribution in [1.29, 1.82) is 0 Å². The lowest BCUT2D eigenvalue weighted by atomic mass is 9.34. The molecule has 27 nitrogen and oxygen atoms in total. The first-order chi connectivity index (χ1) is 39.8. The van der Waals surface area contributed by atoms with Crippen molar-refractivity contribution in [3.8, 4) is 0 Å². The minimum absolute atomic E-state index is 0.152. The molecule has 492 valence electrons. The monoisotopic (exact) mass is 1230 g/mol. The molecule has 34 atom stereocenters. The Morgan fingerprint density at radius 1 is 0.553 bits per heavy atom. The summed E-state index contributed by atoms with van der Waals surface area (Å²) >= 11 is 0. The van der Waals surface area contributed by atoms with E-state index in [1.165, 1.54) is 0 Å². The maximum absolute atomic E-state index is 12.9. The molecular formula is C58H98O27. The van der Waals surface area contributed by atoms with Crippen LogP contribution in [0.2, 0.25) is 0 Å². The van der Waals surface area contributed by atoms with E-state index in [0.29, 0.717) is 51.4 Å². The van der Waals surface area contributed by atoms with Gasteiger partial charge < -0.3 is 134 Å².